The molecular weight excluding hydrogens is 242 g/mol. The van der Waals surface area contributed by atoms with Gasteiger partial charge >= 0.3 is 0 Å². The summed E-state index contributed by atoms with van der Waals surface area (Å²) in [6.07, 6.45) is 0.585. The van der Waals surface area contributed by atoms with Crippen molar-refractivity contribution in [2.24, 2.45) is 0 Å². The number of amides is 1. The second-order valence-electron chi connectivity index (χ2n) is 4.46. The molecule has 1 amide bonds. The SMILES string of the molecule is CCN(CCCO)C(=O)c1cc2cccc(N)c2[nH]1. The van der Waals surface area contributed by atoms with Crippen LogP contribution in [0, 0.1) is 0 Å². The molecule has 0 aliphatic rings. The van der Waals surface area contributed by atoms with E-state index in [0.29, 0.717) is 30.9 Å². The molecule has 0 radical (unpaired) electrons. The summed E-state index contributed by atoms with van der Waals surface area (Å²) in [6.45, 7) is 3.18. The summed E-state index contributed by atoms with van der Waals surface area (Å²) in [5, 5.41) is 9.78. The highest BCUT2D eigenvalue weighted by molar-refractivity contribution is 6.00. The third-order valence-corrected chi connectivity index (χ3v) is 3.17. The topological polar surface area (TPSA) is 82.3 Å². The predicted molar refractivity (Wildman–Crippen MR) is 76.0 cm³/mol. The number of nitrogens with two attached hydrogens (primary N) is 1. The van der Waals surface area contributed by atoms with E-state index >= 15 is 0 Å². The molecule has 5 heteroatoms. The smallest absolute Gasteiger partial charge is 0.270 e. The molecule has 0 spiro atoms. The Morgan fingerprint density at radius 2 is 2.26 bits per heavy atom. The number of H-pyrrole nitrogens is 1. The van der Waals surface area contributed by atoms with Crippen molar-refractivity contribution >= 4 is 22.5 Å². The number of aromatic amines is 1. The number of hydrogen-bond donors (Lipinski definition) is 3. The molecule has 5 nitrogen and oxygen atoms in total. The third-order valence-electron chi connectivity index (χ3n) is 3.17. The van der Waals surface area contributed by atoms with E-state index in [4.69, 9.17) is 10.8 Å². The quantitative estimate of drug-likeness (QED) is 0.715. The highest BCUT2D eigenvalue weighted by Gasteiger charge is 2.16. The van der Waals surface area contributed by atoms with Gasteiger partial charge in [-0.05, 0) is 25.5 Å². The first kappa shape index (κ1) is 13.4. The molecule has 0 bridgehead atoms. The van der Waals surface area contributed by atoms with Gasteiger partial charge in [-0.15, -0.1) is 0 Å². The lowest BCUT2D eigenvalue weighted by atomic mass is 10.2. The number of aliphatic hydroxyl groups is 1. The number of hydrogen-bond acceptors (Lipinski definition) is 3. The van der Waals surface area contributed by atoms with Gasteiger partial charge in [0.1, 0.15) is 5.69 Å². The summed E-state index contributed by atoms with van der Waals surface area (Å²) in [7, 11) is 0. The highest BCUT2D eigenvalue weighted by atomic mass is 16.3. The van der Waals surface area contributed by atoms with E-state index < -0.39 is 0 Å². The fourth-order valence-corrected chi connectivity index (χ4v) is 2.13. The van der Waals surface area contributed by atoms with Crippen LogP contribution in [0.4, 0.5) is 5.69 Å². The second-order valence-corrected chi connectivity index (χ2v) is 4.46. The van der Waals surface area contributed by atoms with Crippen molar-refractivity contribution in [1.29, 1.82) is 0 Å². The molecule has 2 aromatic rings. The van der Waals surface area contributed by atoms with Crippen LogP contribution in [0.1, 0.15) is 23.8 Å². The molecule has 0 aliphatic heterocycles. The summed E-state index contributed by atoms with van der Waals surface area (Å²) < 4.78 is 0. The number of fused-ring (bicyclic) bond motifs is 1. The number of carbonyl (C=O) groups excluding carboxylic acids is 1. The Kier molecular flexibility index (Phi) is 4.06. The maximum absolute atomic E-state index is 12.3. The van der Waals surface area contributed by atoms with Gasteiger partial charge in [-0.1, -0.05) is 12.1 Å². The summed E-state index contributed by atoms with van der Waals surface area (Å²) in [6, 6.07) is 7.40. The summed E-state index contributed by atoms with van der Waals surface area (Å²) in [4.78, 5) is 17.1. The second kappa shape index (κ2) is 5.75. The van der Waals surface area contributed by atoms with Crippen molar-refractivity contribution in [3.8, 4) is 0 Å². The third kappa shape index (κ3) is 2.71. The minimum absolute atomic E-state index is 0.0634. The van der Waals surface area contributed by atoms with Crippen molar-refractivity contribution in [3.63, 3.8) is 0 Å². The van der Waals surface area contributed by atoms with Crippen LogP contribution in [0.5, 0.6) is 0 Å². The van der Waals surface area contributed by atoms with Gasteiger partial charge in [-0.3, -0.25) is 4.79 Å². The van der Waals surface area contributed by atoms with Gasteiger partial charge in [0, 0.05) is 25.1 Å². The highest BCUT2D eigenvalue weighted by Crippen LogP contribution is 2.21. The van der Waals surface area contributed by atoms with Crippen LogP contribution in [0.25, 0.3) is 10.9 Å². The van der Waals surface area contributed by atoms with Crippen molar-refractivity contribution in [2.45, 2.75) is 13.3 Å². The number of nitrogen functional groups attached to an aromatic ring is 1. The Hall–Kier alpha value is -2.01. The number of nitrogens with one attached hydrogen (secondary N) is 1. The first-order valence-electron chi connectivity index (χ1n) is 6.44. The molecule has 0 atom stereocenters. The number of aromatic nitrogens is 1. The van der Waals surface area contributed by atoms with Crippen LogP contribution in [-0.4, -0.2) is 40.6 Å². The molecule has 0 saturated carbocycles. The molecule has 0 unspecified atom stereocenters. The van der Waals surface area contributed by atoms with E-state index in [-0.39, 0.29) is 12.5 Å². The lowest BCUT2D eigenvalue weighted by Gasteiger charge is -2.19. The molecule has 0 saturated heterocycles. The van der Waals surface area contributed by atoms with Crippen LogP contribution < -0.4 is 5.73 Å². The molecule has 1 heterocycles. The van der Waals surface area contributed by atoms with Gasteiger partial charge in [0.25, 0.3) is 5.91 Å². The zero-order valence-corrected chi connectivity index (χ0v) is 11.0. The van der Waals surface area contributed by atoms with Gasteiger partial charge in [0.15, 0.2) is 0 Å². The standard InChI is InChI=1S/C14H19N3O2/c1-2-17(7-4-8-18)14(19)12-9-10-5-3-6-11(15)13(10)16-12/h3,5-6,9,16,18H,2,4,7-8,15H2,1H3. The number of para-hydroxylation sites is 1. The number of aliphatic hydroxyl groups excluding tert-OH is 1. The van der Waals surface area contributed by atoms with Crippen molar-refractivity contribution in [1.82, 2.24) is 9.88 Å². The Morgan fingerprint density at radius 1 is 1.47 bits per heavy atom. The van der Waals surface area contributed by atoms with E-state index in [1.807, 2.05) is 25.1 Å². The van der Waals surface area contributed by atoms with E-state index in [9.17, 15) is 4.79 Å². The normalized spacial score (nSPS) is 10.8. The number of rotatable bonds is 5. The Balaban J connectivity index is 2.27. The molecule has 1 aromatic heterocycles. The summed E-state index contributed by atoms with van der Waals surface area (Å²) in [5.41, 5.74) is 7.83. The van der Waals surface area contributed by atoms with E-state index in [1.54, 1.807) is 11.0 Å². The lowest BCUT2D eigenvalue weighted by Crippen LogP contribution is -2.32. The van der Waals surface area contributed by atoms with Crippen LogP contribution in [0.3, 0.4) is 0 Å². The van der Waals surface area contributed by atoms with Crippen LogP contribution in [0.2, 0.25) is 0 Å². The van der Waals surface area contributed by atoms with Crippen molar-refractivity contribution in [3.05, 3.63) is 30.0 Å². The van der Waals surface area contributed by atoms with Crippen LogP contribution >= 0.6 is 0 Å². The van der Waals surface area contributed by atoms with Gasteiger partial charge in [-0.25, -0.2) is 0 Å². The van der Waals surface area contributed by atoms with Crippen LogP contribution in [-0.2, 0) is 0 Å². The van der Waals surface area contributed by atoms with Gasteiger partial charge in [0.2, 0.25) is 0 Å². The first-order chi connectivity index (χ1) is 9.17. The molecule has 1 aromatic carbocycles. The van der Waals surface area contributed by atoms with Crippen LogP contribution in [0.15, 0.2) is 24.3 Å². The fraction of sp³-hybridized carbons (Fsp3) is 0.357. The van der Waals surface area contributed by atoms with Crippen molar-refractivity contribution < 1.29 is 9.90 Å². The zero-order valence-electron chi connectivity index (χ0n) is 11.0. The largest absolute Gasteiger partial charge is 0.397 e. The molecule has 19 heavy (non-hydrogen) atoms. The summed E-state index contributed by atoms with van der Waals surface area (Å²) >= 11 is 0. The molecule has 102 valence electrons. The number of nitrogens with zero attached hydrogens (tertiary/aromatic N) is 1. The monoisotopic (exact) mass is 261 g/mol. The first-order valence-corrected chi connectivity index (χ1v) is 6.44. The maximum Gasteiger partial charge on any atom is 0.270 e. The van der Waals surface area contributed by atoms with E-state index in [1.165, 1.54) is 0 Å². The number of anilines is 1. The fourth-order valence-electron chi connectivity index (χ4n) is 2.13. The average Bonchev–Trinajstić information content (AvgIpc) is 2.85. The minimum atomic E-state index is -0.0634. The van der Waals surface area contributed by atoms with E-state index in [2.05, 4.69) is 4.98 Å². The van der Waals surface area contributed by atoms with Gasteiger partial charge in [-0.2, -0.15) is 0 Å². The molecule has 4 N–H and O–H groups in total. The average molecular weight is 261 g/mol. The van der Waals surface area contributed by atoms with Crippen molar-refractivity contribution in [2.75, 3.05) is 25.4 Å². The molecule has 2 rings (SSSR count). The number of carbonyl (C=O) groups is 1. The van der Waals surface area contributed by atoms with Gasteiger partial charge < -0.3 is 20.7 Å². The van der Waals surface area contributed by atoms with Gasteiger partial charge in [0.05, 0.1) is 11.2 Å². The Labute approximate surface area is 112 Å². The maximum atomic E-state index is 12.3. The molecule has 0 aliphatic carbocycles. The molecule has 0 fully saturated rings. The zero-order chi connectivity index (χ0) is 13.8. The summed E-state index contributed by atoms with van der Waals surface area (Å²) in [5.74, 6) is -0.0634. The van der Waals surface area contributed by atoms with E-state index in [0.717, 1.165) is 10.9 Å². The predicted octanol–water partition coefficient (Wildman–Crippen LogP) is 1.59. The Bertz CT molecular complexity index is 577. The molecular formula is C14H19N3O2. The minimum Gasteiger partial charge on any atom is -0.397 e. The Morgan fingerprint density at radius 3 is 2.89 bits per heavy atom. The lowest BCUT2D eigenvalue weighted by molar-refractivity contribution is 0.0749. The number of benzene rings is 1.